The van der Waals surface area contributed by atoms with Crippen LogP contribution in [0.4, 0.5) is 5.69 Å². The number of carbonyl (C=O) groups excluding carboxylic acids is 2. The maximum absolute atomic E-state index is 11.0. The van der Waals surface area contributed by atoms with Crippen LogP contribution in [0.3, 0.4) is 0 Å². The van der Waals surface area contributed by atoms with Gasteiger partial charge in [-0.3, -0.25) is 9.59 Å². The van der Waals surface area contributed by atoms with Gasteiger partial charge in [-0.05, 0) is 24.6 Å². The lowest BCUT2D eigenvalue weighted by atomic mass is 10.1. The molecule has 0 aliphatic carbocycles. The molecule has 15 heavy (non-hydrogen) atoms. The zero-order valence-electron chi connectivity index (χ0n) is 8.21. The van der Waals surface area contributed by atoms with Crippen molar-refractivity contribution in [2.75, 3.05) is 11.2 Å². The van der Waals surface area contributed by atoms with Crippen LogP contribution in [-0.4, -0.2) is 17.7 Å². The molecule has 0 aliphatic heterocycles. The Labute approximate surface area is 92.4 Å². The molecule has 3 N–H and O–H groups in total. The van der Waals surface area contributed by atoms with Crippen LogP contribution in [0, 0.1) is 6.92 Å². The number of nitrogens with two attached hydrogens (primary N) is 1. The van der Waals surface area contributed by atoms with Crippen molar-refractivity contribution in [2.24, 2.45) is 5.73 Å². The van der Waals surface area contributed by atoms with Gasteiger partial charge in [0.1, 0.15) is 5.88 Å². The maximum Gasteiger partial charge on any atom is 0.249 e. The Bertz CT molecular complexity index is 404. The van der Waals surface area contributed by atoms with Crippen LogP contribution in [0.1, 0.15) is 15.9 Å². The number of carbonyl (C=O) groups is 2. The van der Waals surface area contributed by atoms with Gasteiger partial charge in [-0.2, -0.15) is 0 Å². The van der Waals surface area contributed by atoms with Gasteiger partial charge in [0, 0.05) is 11.3 Å². The molecule has 1 rings (SSSR count). The summed E-state index contributed by atoms with van der Waals surface area (Å²) in [6.45, 7) is 1.77. The van der Waals surface area contributed by atoms with Crippen molar-refractivity contribution in [1.29, 1.82) is 0 Å². The zero-order chi connectivity index (χ0) is 11.4. The monoisotopic (exact) mass is 226 g/mol. The molecule has 0 radical (unpaired) electrons. The first-order valence-corrected chi connectivity index (χ1v) is 4.84. The van der Waals surface area contributed by atoms with Crippen LogP contribution in [0.5, 0.6) is 0 Å². The normalized spacial score (nSPS) is 9.73. The number of rotatable bonds is 3. The second kappa shape index (κ2) is 4.79. The van der Waals surface area contributed by atoms with E-state index in [1.165, 1.54) is 6.07 Å². The third-order valence-corrected chi connectivity index (χ3v) is 2.15. The molecule has 0 saturated carbocycles. The highest BCUT2D eigenvalue weighted by Gasteiger charge is 2.07. The molecule has 1 aromatic rings. The van der Waals surface area contributed by atoms with Crippen LogP contribution in [0.25, 0.3) is 0 Å². The van der Waals surface area contributed by atoms with Crippen molar-refractivity contribution in [3.8, 4) is 0 Å². The van der Waals surface area contributed by atoms with Gasteiger partial charge in [-0.25, -0.2) is 0 Å². The van der Waals surface area contributed by atoms with Gasteiger partial charge >= 0.3 is 0 Å². The van der Waals surface area contributed by atoms with Gasteiger partial charge in [0.15, 0.2) is 0 Å². The van der Waals surface area contributed by atoms with E-state index in [0.29, 0.717) is 11.3 Å². The number of primary amides is 1. The molecule has 5 heteroatoms. The molecule has 0 unspecified atom stereocenters. The molecular weight excluding hydrogens is 216 g/mol. The maximum atomic E-state index is 11.0. The zero-order valence-corrected chi connectivity index (χ0v) is 8.97. The number of halogens is 1. The van der Waals surface area contributed by atoms with E-state index >= 15 is 0 Å². The smallest absolute Gasteiger partial charge is 0.249 e. The summed E-state index contributed by atoms with van der Waals surface area (Å²) >= 11 is 5.33. The van der Waals surface area contributed by atoms with Gasteiger partial charge in [-0.1, -0.05) is 6.07 Å². The summed E-state index contributed by atoms with van der Waals surface area (Å²) in [4.78, 5) is 22.0. The fraction of sp³-hybridized carbons (Fsp3) is 0.200. The number of amides is 2. The largest absolute Gasteiger partial charge is 0.366 e. The van der Waals surface area contributed by atoms with E-state index in [9.17, 15) is 9.59 Å². The predicted molar refractivity (Wildman–Crippen MR) is 59.0 cm³/mol. The highest BCUT2D eigenvalue weighted by molar-refractivity contribution is 6.29. The van der Waals surface area contributed by atoms with Gasteiger partial charge in [0.05, 0.1) is 0 Å². The van der Waals surface area contributed by atoms with E-state index in [2.05, 4.69) is 5.32 Å². The number of anilines is 1. The number of hydrogen-bond donors (Lipinski definition) is 2. The Morgan fingerprint density at radius 3 is 2.67 bits per heavy atom. The standard InChI is InChI=1S/C10H11ClN2O2/c1-6-2-3-7(13-9(14)5-11)4-8(6)10(12)15/h2-4H,5H2,1H3,(H2,12,15)(H,13,14). The Morgan fingerprint density at radius 2 is 2.13 bits per heavy atom. The van der Waals surface area contributed by atoms with Gasteiger partial charge in [0.2, 0.25) is 11.8 Å². The molecule has 0 fully saturated rings. The summed E-state index contributed by atoms with van der Waals surface area (Å²) in [7, 11) is 0. The minimum absolute atomic E-state index is 0.125. The second-order valence-corrected chi connectivity index (χ2v) is 3.34. The highest BCUT2D eigenvalue weighted by atomic mass is 35.5. The fourth-order valence-corrected chi connectivity index (χ4v) is 1.23. The SMILES string of the molecule is Cc1ccc(NC(=O)CCl)cc1C(N)=O. The number of aryl methyl sites for hydroxylation is 1. The summed E-state index contributed by atoms with van der Waals surface area (Å²) in [6.07, 6.45) is 0. The molecule has 2 amide bonds. The molecule has 0 aliphatic rings. The summed E-state index contributed by atoms with van der Waals surface area (Å²) in [5, 5.41) is 2.54. The Morgan fingerprint density at radius 1 is 1.47 bits per heavy atom. The van der Waals surface area contributed by atoms with Gasteiger partial charge in [-0.15, -0.1) is 11.6 Å². The fourth-order valence-electron chi connectivity index (χ4n) is 1.16. The van der Waals surface area contributed by atoms with Crippen LogP contribution in [0.15, 0.2) is 18.2 Å². The van der Waals surface area contributed by atoms with Crippen LogP contribution >= 0.6 is 11.6 Å². The molecule has 0 saturated heterocycles. The molecule has 0 atom stereocenters. The lowest BCUT2D eigenvalue weighted by Crippen LogP contribution is -2.16. The third kappa shape index (κ3) is 2.95. The number of alkyl halides is 1. The molecular formula is C10H11ClN2O2. The molecule has 0 spiro atoms. The second-order valence-electron chi connectivity index (χ2n) is 3.08. The molecule has 0 bridgehead atoms. The quantitative estimate of drug-likeness (QED) is 0.762. The third-order valence-electron chi connectivity index (χ3n) is 1.91. The summed E-state index contributed by atoms with van der Waals surface area (Å²) in [6, 6.07) is 4.93. The average molecular weight is 227 g/mol. The minimum atomic E-state index is -0.519. The first kappa shape index (κ1) is 11.5. The molecule has 1 aromatic carbocycles. The first-order valence-electron chi connectivity index (χ1n) is 4.31. The van der Waals surface area contributed by atoms with Crippen molar-refractivity contribution in [2.45, 2.75) is 6.92 Å². The Kier molecular flexibility index (Phi) is 3.68. The molecule has 4 nitrogen and oxygen atoms in total. The van der Waals surface area contributed by atoms with E-state index in [-0.39, 0.29) is 11.8 Å². The number of benzene rings is 1. The van der Waals surface area contributed by atoms with E-state index in [0.717, 1.165) is 5.56 Å². The summed E-state index contributed by atoms with van der Waals surface area (Å²) in [5.74, 6) is -0.967. The van der Waals surface area contributed by atoms with Crippen LogP contribution < -0.4 is 11.1 Å². The van der Waals surface area contributed by atoms with E-state index < -0.39 is 5.91 Å². The van der Waals surface area contributed by atoms with Gasteiger partial charge < -0.3 is 11.1 Å². The highest BCUT2D eigenvalue weighted by Crippen LogP contribution is 2.14. The molecule has 0 heterocycles. The number of nitrogens with one attached hydrogen (secondary N) is 1. The van der Waals surface area contributed by atoms with E-state index in [1.807, 2.05) is 0 Å². The summed E-state index contributed by atoms with van der Waals surface area (Å²) < 4.78 is 0. The van der Waals surface area contributed by atoms with Crippen LogP contribution in [0.2, 0.25) is 0 Å². The summed E-state index contributed by atoms with van der Waals surface area (Å²) in [5.41, 5.74) is 6.84. The van der Waals surface area contributed by atoms with E-state index in [4.69, 9.17) is 17.3 Å². The lowest BCUT2D eigenvalue weighted by Gasteiger charge is -2.06. The Hall–Kier alpha value is -1.55. The lowest BCUT2D eigenvalue weighted by molar-refractivity contribution is -0.113. The minimum Gasteiger partial charge on any atom is -0.366 e. The van der Waals surface area contributed by atoms with Gasteiger partial charge in [0.25, 0.3) is 0 Å². The van der Waals surface area contributed by atoms with Crippen molar-refractivity contribution in [3.63, 3.8) is 0 Å². The molecule has 0 aromatic heterocycles. The average Bonchev–Trinajstić information content (AvgIpc) is 2.20. The predicted octanol–water partition coefficient (Wildman–Crippen LogP) is 1.27. The van der Waals surface area contributed by atoms with E-state index in [1.54, 1.807) is 19.1 Å². The van der Waals surface area contributed by atoms with Crippen molar-refractivity contribution >= 4 is 29.1 Å². The first-order chi connectivity index (χ1) is 7.04. The van der Waals surface area contributed by atoms with Crippen LogP contribution in [-0.2, 0) is 4.79 Å². The molecule has 80 valence electrons. The Balaban J connectivity index is 2.97. The van der Waals surface area contributed by atoms with Crippen molar-refractivity contribution in [1.82, 2.24) is 0 Å². The van der Waals surface area contributed by atoms with Crippen molar-refractivity contribution in [3.05, 3.63) is 29.3 Å². The topological polar surface area (TPSA) is 72.2 Å². The number of hydrogen-bond acceptors (Lipinski definition) is 2. The van der Waals surface area contributed by atoms with Crippen molar-refractivity contribution < 1.29 is 9.59 Å².